The molecule has 0 aromatic heterocycles. The second-order valence-corrected chi connectivity index (χ2v) is 7.83. The number of amides is 2. The van der Waals surface area contributed by atoms with Crippen LogP contribution in [0.4, 0.5) is 14.4 Å². The summed E-state index contributed by atoms with van der Waals surface area (Å²) in [4.78, 5) is 34.1. The molecule has 2 saturated carbocycles. The monoisotopic (exact) mass is 414 g/mol. The molecule has 2 aliphatic rings. The van der Waals surface area contributed by atoms with Gasteiger partial charge in [-0.2, -0.15) is 0 Å². The van der Waals surface area contributed by atoms with Gasteiger partial charge in [0.2, 0.25) is 6.79 Å². The summed E-state index contributed by atoms with van der Waals surface area (Å²) in [6.07, 6.45) is 7.78. The van der Waals surface area contributed by atoms with Crippen LogP contribution < -0.4 is 10.6 Å². The highest BCUT2D eigenvalue weighted by Crippen LogP contribution is 2.35. The lowest BCUT2D eigenvalue weighted by atomic mass is 9.76. The van der Waals surface area contributed by atoms with E-state index in [2.05, 4.69) is 24.8 Å². The average molecular weight is 414 g/mol. The standard InChI is InChI=1S/C20H34N2O7/c1-3-27-20(25)29-13-28-19(24)22-17-10-6-15(7-11-17)12-14-4-8-16(9-5-14)21-18(23)26-2/h14-17H,3-13H2,1-2H3,(H,21,23)(H,22,24). The predicted octanol–water partition coefficient (Wildman–Crippen LogP) is 3.71. The van der Waals surface area contributed by atoms with Crippen LogP contribution in [0.3, 0.4) is 0 Å². The van der Waals surface area contributed by atoms with Gasteiger partial charge in [-0.1, -0.05) is 0 Å². The van der Waals surface area contributed by atoms with Crippen molar-refractivity contribution < 1.29 is 33.3 Å². The van der Waals surface area contributed by atoms with Gasteiger partial charge in [0, 0.05) is 12.1 Å². The van der Waals surface area contributed by atoms with E-state index in [4.69, 9.17) is 4.74 Å². The Balaban J connectivity index is 1.55. The molecule has 0 unspecified atom stereocenters. The van der Waals surface area contributed by atoms with Crippen LogP contribution in [0.2, 0.25) is 0 Å². The number of ether oxygens (including phenoxy) is 4. The van der Waals surface area contributed by atoms with Crippen molar-refractivity contribution >= 4 is 18.3 Å². The minimum Gasteiger partial charge on any atom is -0.453 e. The molecule has 9 nitrogen and oxygen atoms in total. The number of hydrogen-bond donors (Lipinski definition) is 2. The Bertz CT molecular complexity index is 527. The number of methoxy groups -OCH3 is 1. The molecule has 9 heteroatoms. The largest absolute Gasteiger partial charge is 0.511 e. The SMILES string of the molecule is CCOC(=O)OCOC(=O)NC1CCC(CC2CCC(NC(=O)OC)CC2)CC1. The molecule has 0 saturated heterocycles. The molecule has 0 aromatic carbocycles. The smallest absolute Gasteiger partial charge is 0.453 e. The molecule has 29 heavy (non-hydrogen) atoms. The van der Waals surface area contributed by atoms with Crippen LogP contribution in [0, 0.1) is 11.8 Å². The third kappa shape index (κ3) is 8.79. The lowest BCUT2D eigenvalue weighted by Crippen LogP contribution is -2.39. The highest BCUT2D eigenvalue weighted by Gasteiger charge is 2.28. The van der Waals surface area contributed by atoms with Gasteiger partial charge in [0.25, 0.3) is 0 Å². The van der Waals surface area contributed by atoms with Crippen molar-refractivity contribution in [3.63, 3.8) is 0 Å². The van der Waals surface area contributed by atoms with Crippen molar-refractivity contribution in [1.82, 2.24) is 10.6 Å². The van der Waals surface area contributed by atoms with E-state index in [1.54, 1.807) is 6.92 Å². The van der Waals surface area contributed by atoms with E-state index in [9.17, 15) is 14.4 Å². The van der Waals surface area contributed by atoms with E-state index in [0.717, 1.165) is 51.4 Å². The van der Waals surface area contributed by atoms with Gasteiger partial charge in [0.1, 0.15) is 0 Å². The molecule has 2 amide bonds. The number of carbonyl (C=O) groups excluding carboxylic acids is 3. The van der Waals surface area contributed by atoms with E-state index in [0.29, 0.717) is 11.8 Å². The number of hydrogen-bond acceptors (Lipinski definition) is 7. The van der Waals surface area contributed by atoms with Gasteiger partial charge < -0.3 is 29.6 Å². The molecular weight excluding hydrogens is 380 g/mol. The van der Waals surface area contributed by atoms with E-state index < -0.39 is 19.0 Å². The summed E-state index contributed by atoms with van der Waals surface area (Å²) in [6, 6.07) is 0.332. The van der Waals surface area contributed by atoms with E-state index >= 15 is 0 Å². The zero-order valence-corrected chi connectivity index (χ0v) is 17.4. The van der Waals surface area contributed by atoms with Gasteiger partial charge in [-0.25, -0.2) is 14.4 Å². The van der Waals surface area contributed by atoms with Gasteiger partial charge in [-0.3, -0.25) is 0 Å². The van der Waals surface area contributed by atoms with Crippen LogP contribution in [0.1, 0.15) is 64.7 Å². The maximum absolute atomic E-state index is 11.8. The maximum Gasteiger partial charge on any atom is 0.511 e. The van der Waals surface area contributed by atoms with Crippen LogP contribution in [-0.4, -0.2) is 50.9 Å². The van der Waals surface area contributed by atoms with E-state index in [1.807, 2.05) is 0 Å². The fraction of sp³-hybridized carbons (Fsp3) is 0.850. The Labute approximate surface area is 172 Å². The molecule has 0 aromatic rings. The van der Waals surface area contributed by atoms with Gasteiger partial charge in [-0.05, 0) is 76.5 Å². The molecule has 2 aliphatic carbocycles. The number of nitrogens with one attached hydrogen (secondary N) is 2. The number of alkyl carbamates (subject to hydrolysis) is 2. The topological polar surface area (TPSA) is 112 Å². The zero-order chi connectivity index (χ0) is 21.1. The third-order valence-electron chi connectivity index (χ3n) is 5.82. The lowest BCUT2D eigenvalue weighted by Gasteiger charge is -2.34. The quantitative estimate of drug-likeness (QED) is 0.371. The van der Waals surface area contributed by atoms with Crippen LogP contribution in [0.5, 0.6) is 0 Å². The fourth-order valence-corrected chi connectivity index (χ4v) is 4.28. The molecule has 2 N–H and O–H groups in total. The summed E-state index contributed by atoms with van der Waals surface area (Å²) >= 11 is 0. The summed E-state index contributed by atoms with van der Waals surface area (Å²) in [5, 5.41) is 5.73. The zero-order valence-electron chi connectivity index (χ0n) is 17.4. The fourth-order valence-electron chi connectivity index (χ4n) is 4.28. The van der Waals surface area contributed by atoms with Crippen molar-refractivity contribution in [2.75, 3.05) is 20.5 Å². The van der Waals surface area contributed by atoms with Crippen molar-refractivity contribution in [3.05, 3.63) is 0 Å². The molecule has 0 atom stereocenters. The Hall–Kier alpha value is -2.19. The Kier molecular flexibility index (Phi) is 9.87. The minimum absolute atomic E-state index is 0.0985. The highest BCUT2D eigenvalue weighted by molar-refractivity contribution is 5.68. The van der Waals surface area contributed by atoms with Gasteiger partial charge in [0.15, 0.2) is 0 Å². The Morgan fingerprint density at radius 3 is 1.76 bits per heavy atom. The minimum atomic E-state index is -0.851. The van der Waals surface area contributed by atoms with Crippen LogP contribution >= 0.6 is 0 Å². The summed E-state index contributed by atoms with van der Waals surface area (Å²) in [5.74, 6) is 1.40. The van der Waals surface area contributed by atoms with Crippen molar-refractivity contribution in [1.29, 1.82) is 0 Å². The summed E-state index contributed by atoms with van der Waals surface area (Å²) in [5.41, 5.74) is 0. The Morgan fingerprint density at radius 2 is 1.28 bits per heavy atom. The van der Waals surface area contributed by atoms with Gasteiger partial charge >= 0.3 is 18.3 Å². The first-order valence-electron chi connectivity index (χ1n) is 10.6. The predicted molar refractivity (Wildman–Crippen MR) is 104 cm³/mol. The molecule has 2 fully saturated rings. The third-order valence-corrected chi connectivity index (χ3v) is 5.82. The van der Waals surface area contributed by atoms with Crippen LogP contribution in [-0.2, 0) is 18.9 Å². The lowest BCUT2D eigenvalue weighted by molar-refractivity contribution is -0.0141. The van der Waals surface area contributed by atoms with Gasteiger partial charge in [-0.15, -0.1) is 0 Å². The second-order valence-electron chi connectivity index (χ2n) is 7.83. The highest BCUT2D eigenvalue weighted by atomic mass is 16.8. The summed E-state index contributed by atoms with van der Waals surface area (Å²) in [7, 11) is 1.39. The molecule has 0 spiro atoms. The first-order valence-corrected chi connectivity index (χ1v) is 10.6. The summed E-state index contributed by atoms with van der Waals surface area (Å²) < 4.78 is 18.7. The van der Waals surface area contributed by atoms with Crippen LogP contribution in [0.15, 0.2) is 0 Å². The molecule has 2 rings (SSSR count). The van der Waals surface area contributed by atoms with Crippen molar-refractivity contribution in [3.8, 4) is 0 Å². The summed E-state index contributed by atoms with van der Waals surface area (Å²) in [6.45, 7) is 1.42. The number of carbonyl (C=O) groups is 3. The van der Waals surface area contributed by atoms with E-state index in [-0.39, 0.29) is 24.8 Å². The maximum atomic E-state index is 11.8. The molecule has 0 aliphatic heterocycles. The molecule has 0 radical (unpaired) electrons. The first-order chi connectivity index (χ1) is 14.0. The van der Waals surface area contributed by atoms with Crippen molar-refractivity contribution in [2.45, 2.75) is 76.8 Å². The average Bonchev–Trinajstić information content (AvgIpc) is 2.71. The number of rotatable bonds is 7. The van der Waals surface area contributed by atoms with Gasteiger partial charge in [0.05, 0.1) is 13.7 Å². The van der Waals surface area contributed by atoms with E-state index in [1.165, 1.54) is 13.5 Å². The first kappa shape index (κ1) is 23.1. The second kappa shape index (κ2) is 12.4. The normalized spacial score (nSPS) is 26.7. The molecule has 166 valence electrons. The Morgan fingerprint density at radius 1 is 0.759 bits per heavy atom. The molecular formula is C20H34N2O7. The molecule has 0 bridgehead atoms. The van der Waals surface area contributed by atoms with Crippen LogP contribution in [0.25, 0.3) is 0 Å². The van der Waals surface area contributed by atoms with Crippen molar-refractivity contribution in [2.24, 2.45) is 11.8 Å². The molecule has 0 heterocycles.